The second kappa shape index (κ2) is 9.91. The van der Waals surface area contributed by atoms with E-state index in [2.05, 4.69) is 15.1 Å². The van der Waals surface area contributed by atoms with E-state index in [-0.39, 0.29) is 49.1 Å². The number of aliphatic hydroxyl groups is 3. The number of Topliss-reactive ketones (excluding diaryl/α,β-unsaturated/α-hetero) is 2. The number of ketones is 2. The van der Waals surface area contributed by atoms with Gasteiger partial charge in [-0.25, -0.2) is 0 Å². The Balaban J connectivity index is 1.42. The fraction of sp³-hybridized carbons (Fsp3) is 0.789. The summed E-state index contributed by atoms with van der Waals surface area (Å²) < 4.78 is 5.38. The van der Waals surface area contributed by atoms with E-state index in [1.54, 1.807) is 0 Å². The SMILES string of the molecule is O=C1CC([C@H]2OC[C@H](O)[C@@H]2O)CC(=O)C1=CNCCN1CCN(CCO)CC1. The van der Waals surface area contributed by atoms with Crippen molar-refractivity contribution in [3.8, 4) is 0 Å². The van der Waals surface area contributed by atoms with Gasteiger partial charge in [-0.2, -0.15) is 0 Å². The third-order valence-corrected chi connectivity index (χ3v) is 5.85. The standard InChI is InChI=1S/C19H31N3O6/c23-8-7-22-5-3-21(4-6-22)2-1-20-11-14-15(24)9-13(10-16(14)25)19-18(27)17(26)12-28-19/h11,13,17-20,23,26-27H,1-10,12H2/t13?,17-,18-,19+/m0/s1. The molecule has 0 radical (unpaired) electrons. The summed E-state index contributed by atoms with van der Waals surface area (Å²) in [5.41, 5.74) is 0.178. The Hall–Kier alpha value is -1.36. The zero-order chi connectivity index (χ0) is 20.1. The molecule has 1 saturated carbocycles. The van der Waals surface area contributed by atoms with Crippen LogP contribution in [0.1, 0.15) is 12.8 Å². The van der Waals surface area contributed by atoms with E-state index in [4.69, 9.17) is 9.84 Å². The van der Waals surface area contributed by atoms with Crippen LogP contribution in [0, 0.1) is 5.92 Å². The maximum absolute atomic E-state index is 12.4. The number of β-amino-alcohol motifs (C(OH)–C–C–N with tert-alkyl or cyclic N) is 1. The number of carbonyl (C=O) groups is 2. The average molecular weight is 397 g/mol. The molecule has 4 N–H and O–H groups in total. The van der Waals surface area contributed by atoms with E-state index in [9.17, 15) is 19.8 Å². The molecule has 3 fully saturated rings. The molecule has 3 aliphatic rings. The van der Waals surface area contributed by atoms with Crippen molar-refractivity contribution in [3.63, 3.8) is 0 Å². The Labute approximate surface area is 164 Å². The molecule has 2 aliphatic heterocycles. The van der Waals surface area contributed by atoms with Gasteiger partial charge in [-0.3, -0.25) is 19.4 Å². The van der Waals surface area contributed by atoms with Crippen LogP contribution in [0.5, 0.6) is 0 Å². The highest BCUT2D eigenvalue weighted by Crippen LogP contribution is 2.32. The maximum Gasteiger partial charge on any atom is 0.168 e. The Morgan fingerprint density at radius 1 is 1.04 bits per heavy atom. The predicted octanol–water partition coefficient (Wildman–Crippen LogP) is -2.26. The monoisotopic (exact) mass is 397 g/mol. The molecule has 0 aromatic rings. The molecule has 3 rings (SSSR count). The second-order valence-corrected chi connectivity index (χ2v) is 7.79. The maximum atomic E-state index is 12.4. The first-order valence-electron chi connectivity index (χ1n) is 10.0. The van der Waals surface area contributed by atoms with E-state index in [0.29, 0.717) is 13.1 Å². The molecule has 9 heteroatoms. The number of allylic oxidation sites excluding steroid dienone is 1. The number of hydrogen-bond acceptors (Lipinski definition) is 9. The van der Waals surface area contributed by atoms with Crippen LogP contribution in [0.4, 0.5) is 0 Å². The average Bonchev–Trinajstić information content (AvgIpc) is 3.01. The molecule has 0 spiro atoms. The molecule has 2 saturated heterocycles. The highest BCUT2D eigenvalue weighted by molar-refractivity contribution is 6.21. The van der Waals surface area contributed by atoms with E-state index >= 15 is 0 Å². The zero-order valence-electron chi connectivity index (χ0n) is 16.1. The lowest BCUT2D eigenvalue weighted by molar-refractivity contribution is -0.128. The molecule has 0 aromatic heterocycles. The number of hydrogen-bond donors (Lipinski definition) is 4. The van der Waals surface area contributed by atoms with Crippen molar-refractivity contribution in [1.29, 1.82) is 0 Å². The molecule has 0 amide bonds. The van der Waals surface area contributed by atoms with E-state index in [1.807, 2.05) is 0 Å². The fourth-order valence-corrected chi connectivity index (χ4v) is 4.13. The van der Waals surface area contributed by atoms with Crippen molar-refractivity contribution in [1.82, 2.24) is 15.1 Å². The van der Waals surface area contributed by atoms with Crippen LogP contribution in [0.15, 0.2) is 11.8 Å². The van der Waals surface area contributed by atoms with Crippen LogP contribution >= 0.6 is 0 Å². The van der Waals surface area contributed by atoms with Gasteiger partial charge in [0.2, 0.25) is 0 Å². The lowest BCUT2D eigenvalue weighted by Gasteiger charge is -2.34. The summed E-state index contributed by atoms with van der Waals surface area (Å²) in [7, 11) is 0. The number of carbonyl (C=O) groups excluding carboxylic acids is 2. The van der Waals surface area contributed by atoms with Crippen molar-refractivity contribution in [3.05, 3.63) is 11.8 Å². The van der Waals surface area contributed by atoms with Gasteiger partial charge in [-0.15, -0.1) is 0 Å². The minimum Gasteiger partial charge on any atom is -0.395 e. The molecule has 9 nitrogen and oxygen atoms in total. The third kappa shape index (κ3) is 5.16. The van der Waals surface area contributed by atoms with Gasteiger partial charge < -0.3 is 25.4 Å². The summed E-state index contributed by atoms with van der Waals surface area (Å²) in [5, 5.41) is 31.6. The quantitative estimate of drug-likeness (QED) is 0.214. The Morgan fingerprint density at radius 2 is 1.64 bits per heavy atom. The summed E-state index contributed by atoms with van der Waals surface area (Å²) in [6.45, 7) is 6.14. The van der Waals surface area contributed by atoms with Gasteiger partial charge in [0.15, 0.2) is 11.6 Å². The molecule has 158 valence electrons. The van der Waals surface area contributed by atoms with E-state index in [1.165, 1.54) is 6.20 Å². The summed E-state index contributed by atoms with van der Waals surface area (Å²) in [6.07, 6.45) is -0.877. The van der Waals surface area contributed by atoms with Gasteiger partial charge >= 0.3 is 0 Å². The second-order valence-electron chi connectivity index (χ2n) is 7.79. The van der Waals surface area contributed by atoms with E-state index in [0.717, 1.165) is 32.7 Å². The van der Waals surface area contributed by atoms with Crippen LogP contribution < -0.4 is 5.32 Å². The Morgan fingerprint density at radius 3 is 2.18 bits per heavy atom. The van der Waals surface area contributed by atoms with Gasteiger partial charge in [-0.05, 0) is 0 Å². The first kappa shape index (κ1) is 21.4. The lowest BCUT2D eigenvalue weighted by atomic mass is 9.79. The largest absolute Gasteiger partial charge is 0.395 e. The summed E-state index contributed by atoms with van der Waals surface area (Å²) >= 11 is 0. The molecule has 1 aliphatic carbocycles. The van der Waals surface area contributed by atoms with Crippen molar-refractivity contribution < 1.29 is 29.6 Å². The molecular formula is C19H31N3O6. The van der Waals surface area contributed by atoms with Crippen LogP contribution in [0.25, 0.3) is 0 Å². The summed E-state index contributed by atoms with van der Waals surface area (Å²) in [4.78, 5) is 29.3. The van der Waals surface area contributed by atoms with Crippen molar-refractivity contribution in [2.45, 2.75) is 31.2 Å². The number of ether oxygens (including phenoxy) is 1. The number of rotatable bonds is 7. The Kier molecular flexibility index (Phi) is 7.55. The van der Waals surface area contributed by atoms with Gasteiger partial charge in [0.25, 0.3) is 0 Å². The van der Waals surface area contributed by atoms with Crippen molar-refractivity contribution in [2.24, 2.45) is 5.92 Å². The normalized spacial score (nSPS) is 32.8. The molecule has 0 aromatic carbocycles. The van der Waals surface area contributed by atoms with Gasteiger partial charge in [-0.1, -0.05) is 0 Å². The molecule has 0 unspecified atom stereocenters. The minimum absolute atomic E-state index is 0.0310. The Bertz CT molecular complexity index is 570. The number of aliphatic hydroxyl groups excluding tert-OH is 3. The highest BCUT2D eigenvalue weighted by atomic mass is 16.5. The number of nitrogens with one attached hydrogen (secondary N) is 1. The van der Waals surface area contributed by atoms with Crippen LogP contribution in [0.2, 0.25) is 0 Å². The number of nitrogens with zero attached hydrogens (tertiary/aromatic N) is 2. The zero-order valence-corrected chi connectivity index (χ0v) is 16.1. The fourth-order valence-electron chi connectivity index (χ4n) is 4.13. The summed E-state index contributed by atoms with van der Waals surface area (Å²) in [5.74, 6) is -0.883. The first-order chi connectivity index (χ1) is 13.5. The molecule has 0 bridgehead atoms. The molecule has 28 heavy (non-hydrogen) atoms. The predicted molar refractivity (Wildman–Crippen MR) is 101 cm³/mol. The highest BCUT2D eigenvalue weighted by Gasteiger charge is 2.44. The molecule has 2 heterocycles. The first-order valence-corrected chi connectivity index (χ1v) is 10.0. The minimum atomic E-state index is -1.05. The third-order valence-electron chi connectivity index (χ3n) is 5.85. The van der Waals surface area contributed by atoms with Crippen LogP contribution in [0.3, 0.4) is 0 Å². The molecular weight excluding hydrogens is 366 g/mol. The van der Waals surface area contributed by atoms with Gasteiger partial charge in [0.05, 0.1) is 24.9 Å². The molecule has 3 atom stereocenters. The smallest absolute Gasteiger partial charge is 0.168 e. The van der Waals surface area contributed by atoms with Crippen LogP contribution in [-0.4, -0.2) is 114 Å². The summed E-state index contributed by atoms with van der Waals surface area (Å²) in [6, 6.07) is 0. The van der Waals surface area contributed by atoms with Crippen LogP contribution in [-0.2, 0) is 14.3 Å². The lowest BCUT2D eigenvalue weighted by Crippen LogP contribution is -2.48. The van der Waals surface area contributed by atoms with Crippen molar-refractivity contribution in [2.75, 3.05) is 59.0 Å². The van der Waals surface area contributed by atoms with Crippen molar-refractivity contribution >= 4 is 11.6 Å². The topological polar surface area (TPSA) is 123 Å². The van der Waals surface area contributed by atoms with E-state index < -0.39 is 18.3 Å². The van der Waals surface area contributed by atoms with Gasteiger partial charge in [0.1, 0.15) is 12.2 Å². The van der Waals surface area contributed by atoms with Gasteiger partial charge in [0, 0.05) is 70.8 Å². The number of piperazine rings is 1.